The first-order chi connectivity index (χ1) is 13.3. The van der Waals surface area contributed by atoms with Crippen molar-refractivity contribution in [2.75, 3.05) is 13.6 Å². The predicted molar refractivity (Wildman–Crippen MR) is 112 cm³/mol. The van der Waals surface area contributed by atoms with Crippen molar-refractivity contribution in [2.45, 2.75) is 70.1 Å². The molecule has 8 heteroatoms. The van der Waals surface area contributed by atoms with Gasteiger partial charge in [0.05, 0.1) is 4.90 Å². The van der Waals surface area contributed by atoms with E-state index in [1.54, 1.807) is 0 Å². The minimum absolute atomic E-state index is 0.0381. The number of sulfonamides is 1. The van der Waals surface area contributed by atoms with E-state index in [0.717, 1.165) is 25.7 Å². The molecule has 0 aliphatic heterocycles. The van der Waals surface area contributed by atoms with Crippen LogP contribution in [0.5, 0.6) is 0 Å². The monoisotopic (exact) mass is 430 g/mol. The SMILES string of the molecule is CCCCCCCCC(=O)c1cc(Cl)ccc1S(=O)(=O)N(C)C(=O)NCCC. The second-order valence-electron chi connectivity index (χ2n) is 6.79. The van der Waals surface area contributed by atoms with Gasteiger partial charge in [0.2, 0.25) is 0 Å². The van der Waals surface area contributed by atoms with Crippen LogP contribution in [0, 0.1) is 0 Å². The molecule has 28 heavy (non-hydrogen) atoms. The molecule has 0 saturated carbocycles. The third kappa shape index (κ3) is 7.09. The van der Waals surface area contributed by atoms with Gasteiger partial charge in [0, 0.05) is 30.6 Å². The van der Waals surface area contributed by atoms with Crippen LogP contribution in [-0.2, 0) is 10.0 Å². The summed E-state index contributed by atoms with van der Waals surface area (Å²) in [5, 5.41) is 2.80. The Labute approximate surface area is 173 Å². The molecule has 0 aliphatic rings. The highest BCUT2D eigenvalue weighted by molar-refractivity contribution is 7.89. The number of halogens is 1. The van der Waals surface area contributed by atoms with Gasteiger partial charge in [0.1, 0.15) is 0 Å². The number of carbonyl (C=O) groups excluding carboxylic acids is 2. The van der Waals surface area contributed by atoms with Gasteiger partial charge in [-0.15, -0.1) is 0 Å². The molecule has 1 aromatic rings. The third-order valence-corrected chi connectivity index (χ3v) is 6.48. The Morgan fingerprint density at radius 2 is 1.68 bits per heavy atom. The molecule has 1 rings (SSSR count). The minimum Gasteiger partial charge on any atom is -0.337 e. The maximum Gasteiger partial charge on any atom is 0.331 e. The summed E-state index contributed by atoms with van der Waals surface area (Å²) in [6.45, 7) is 4.38. The van der Waals surface area contributed by atoms with Crippen LogP contribution in [0.3, 0.4) is 0 Å². The number of hydrogen-bond donors (Lipinski definition) is 1. The summed E-state index contributed by atoms with van der Waals surface area (Å²) < 4.78 is 26.4. The van der Waals surface area contributed by atoms with Gasteiger partial charge >= 0.3 is 6.03 Å². The quantitative estimate of drug-likeness (QED) is 0.373. The normalized spacial score (nSPS) is 11.3. The number of urea groups is 1. The van der Waals surface area contributed by atoms with E-state index >= 15 is 0 Å². The molecule has 0 radical (unpaired) electrons. The maximum absolute atomic E-state index is 12.9. The van der Waals surface area contributed by atoms with Gasteiger partial charge in [-0.2, -0.15) is 0 Å². The zero-order valence-electron chi connectivity index (χ0n) is 17.0. The summed E-state index contributed by atoms with van der Waals surface area (Å²) in [5.74, 6) is -0.279. The average molecular weight is 431 g/mol. The smallest absolute Gasteiger partial charge is 0.331 e. The number of hydrogen-bond acceptors (Lipinski definition) is 4. The van der Waals surface area contributed by atoms with Crippen molar-refractivity contribution in [3.63, 3.8) is 0 Å². The van der Waals surface area contributed by atoms with E-state index in [-0.39, 0.29) is 27.7 Å². The van der Waals surface area contributed by atoms with Gasteiger partial charge < -0.3 is 5.32 Å². The molecule has 6 nitrogen and oxygen atoms in total. The molecular formula is C20H31ClN2O4S. The van der Waals surface area contributed by atoms with E-state index < -0.39 is 16.1 Å². The second-order valence-corrected chi connectivity index (χ2v) is 9.16. The first-order valence-electron chi connectivity index (χ1n) is 9.85. The first-order valence-corrected chi connectivity index (χ1v) is 11.7. The highest BCUT2D eigenvalue weighted by Gasteiger charge is 2.29. The highest BCUT2D eigenvalue weighted by Crippen LogP contribution is 2.25. The molecule has 0 bridgehead atoms. The van der Waals surface area contributed by atoms with Crippen molar-refractivity contribution >= 4 is 33.4 Å². The fourth-order valence-corrected chi connectivity index (χ4v) is 4.19. The van der Waals surface area contributed by atoms with E-state index in [0.29, 0.717) is 23.7 Å². The summed E-state index contributed by atoms with van der Waals surface area (Å²) in [4.78, 5) is 24.6. The van der Waals surface area contributed by atoms with Crippen molar-refractivity contribution in [1.82, 2.24) is 9.62 Å². The summed E-state index contributed by atoms with van der Waals surface area (Å²) >= 11 is 6.00. The standard InChI is InChI=1S/C20H31ClN2O4S/c1-4-6-7-8-9-10-11-18(24)17-15-16(21)12-13-19(17)28(26,27)23(3)20(25)22-14-5-2/h12-13,15H,4-11,14H2,1-3H3,(H,22,25). The molecule has 0 fully saturated rings. The van der Waals surface area contributed by atoms with E-state index in [9.17, 15) is 18.0 Å². The Bertz CT molecular complexity index is 765. The fourth-order valence-electron chi connectivity index (χ4n) is 2.75. The molecule has 158 valence electrons. The van der Waals surface area contributed by atoms with Crippen molar-refractivity contribution < 1.29 is 18.0 Å². The van der Waals surface area contributed by atoms with Gasteiger partial charge in [-0.1, -0.05) is 57.6 Å². The van der Waals surface area contributed by atoms with Crippen LogP contribution >= 0.6 is 11.6 Å². The summed E-state index contributed by atoms with van der Waals surface area (Å²) in [6, 6.07) is 3.33. The number of benzene rings is 1. The topological polar surface area (TPSA) is 83.6 Å². The molecule has 0 aromatic heterocycles. The minimum atomic E-state index is -4.16. The Kier molecular flexibility index (Phi) is 10.5. The summed E-state index contributed by atoms with van der Waals surface area (Å²) in [5.41, 5.74) is 0.0381. The van der Waals surface area contributed by atoms with Crippen LogP contribution in [0.2, 0.25) is 5.02 Å². The maximum atomic E-state index is 12.9. The number of ketones is 1. The predicted octanol–water partition coefficient (Wildman–Crippen LogP) is 5.01. The lowest BCUT2D eigenvalue weighted by Gasteiger charge is -2.20. The van der Waals surface area contributed by atoms with Crippen LogP contribution in [0.4, 0.5) is 4.79 Å². The summed E-state index contributed by atoms with van der Waals surface area (Å²) in [7, 11) is -2.98. The Balaban J connectivity index is 2.95. The molecule has 0 atom stereocenters. The van der Waals surface area contributed by atoms with E-state index in [1.165, 1.54) is 31.7 Å². The Morgan fingerprint density at radius 3 is 2.32 bits per heavy atom. The molecule has 0 spiro atoms. The van der Waals surface area contributed by atoms with Gasteiger partial charge in [-0.3, -0.25) is 4.79 Å². The average Bonchev–Trinajstić information content (AvgIpc) is 2.67. The lowest BCUT2D eigenvalue weighted by molar-refractivity contribution is 0.0975. The van der Waals surface area contributed by atoms with Crippen molar-refractivity contribution in [1.29, 1.82) is 0 Å². The zero-order valence-corrected chi connectivity index (χ0v) is 18.5. The second kappa shape index (κ2) is 12.1. The molecule has 0 heterocycles. The fraction of sp³-hybridized carbons (Fsp3) is 0.600. The molecule has 0 saturated heterocycles. The zero-order chi connectivity index (χ0) is 21.2. The molecule has 1 aromatic carbocycles. The number of unbranched alkanes of at least 4 members (excludes halogenated alkanes) is 5. The van der Waals surface area contributed by atoms with Crippen LogP contribution in [0.15, 0.2) is 23.1 Å². The molecule has 1 N–H and O–H groups in total. The molecular weight excluding hydrogens is 400 g/mol. The molecule has 0 unspecified atom stereocenters. The molecule has 0 aliphatic carbocycles. The van der Waals surface area contributed by atoms with Crippen LogP contribution < -0.4 is 5.32 Å². The number of rotatable bonds is 12. The number of nitrogens with one attached hydrogen (secondary N) is 1. The molecule has 2 amide bonds. The number of amides is 2. The third-order valence-electron chi connectivity index (χ3n) is 4.45. The van der Waals surface area contributed by atoms with Gasteiger partial charge in [0.25, 0.3) is 10.0 Å². The number of carbonyl (C=O) groups is 2. The van der Waals surface area contributed by atoms with Gasteiger partial charge in [0.15, 0.2) is 5.78 Å². The van der Waals surface area contributed by atoms with E-state index in [2.05, 4.69) is 12.2 Å². The van der Waals surface area contributed by atoms with Crippen LogP contribution in [0.1, 0.15) is 75.6 Å². The Hall–Kier alpha value is -1.60. The van der Waals surface area contributed by atoms with Crippen molar-refractivity contribution in [3.05, 3.63) is 28.8 Å². The first kappa shape index (κ1) is 24.4. The van der Waals surface area contributed by atoms with E-state index in [4.69, 9.17) is 11.6 Å². The van der Waals surface area contributed by atoms with Crippen molar-refractivity contribution in [2.24, 2.45) is 0 Å². The van der Waals surface area contributed by atoms with E-state index in [1.807, 2.05) is 6.92 Å². The lowest BCUT2D eigenvalue weighted by Crippen LogP contribution is -2.41. The lowest BCUT2D eigenvalue weighted by atomic mass is 10.0. The Morgan fingerprint density at radius 1 is 1.04 bits per heavy atom. The highest BCUT2D eigenvalue weighted by atomic mass is 35.5. The van der Waals surface area contributed by atoms with Crippen LogP contribution in [-0.4, -0.2) is 38.1 Å². The van der Waals surface area contributed by atoms with Gasteiger partial charge in [-0.25, -0.2) is 17.5 Å². The summed E-state index contributed by atoms with van der Waals surface area (Å²) in [6.07, 6.45) is 7.08. The number of Topliss-reactive ketones (excluding diaryl/α,β-unsaturated/α-hetero) is 1. The van der Waals surface area contributed by atoms with Gasteiger partial charge in [-0.05, 0) is 31.0 Å². The largest absolute Gasteiger partial charge is 0.337 e. The van der Waals surface area contributed by atoms with Crippen LogP contribution in [0.25, 0.3) is 0 Å². The number of nitrogens with zero attached hydrogens (tertiary/aromatic N) is 1. The van der Waals surface area contributed by atoms with Crippen molar-refractivity contribution in [3.8, 4) is 0 Å².